The summed E-state index contributed by atoms with van der Waals surface area (Å²) in [5.41, 5.74) is 7.17. The lowest BCUT2D eigenvalue weighted by molar-refractivity contribution is 0.0923. The van der Waals surface area contributed by atoms with Crippen molar-refractivity contribution >= 4 is 34.2 Å². The summed E-state index contributed by atoms with van der Waals surface area (Å²) < 4.78 is 0.928. The molecular formula is C14H19IN2O. The van der Waals surface area contributed by atoms with Gasteiger partial charge >= 0.3 is 0 Å². The molecule has 0 heterocycles. The third kappa shape index (κ3) is 3.37. The number of nitrogens with one attached hydrogen (secondary N) is 1. The second-order valence-corrected chi connectivity index (χ2v) is 6.33. The SMILES string of the molecule is CC1CCC(NC(=O)c2ccc(N)c(I)c2)CC1. The first kappa shape index (κ1) is 13.6. The van der Waals surface area contributed by atoms with Crippen LogP contribution in [0.4, 0.5) is 5.69 Å². The predicted molar refractivity (Wildman–Crippen MR) is 82.5 cm³/mol. The lowest BCUT2D eigenvalue weighted by atomic mass is 9.87. The predicted octanol–water partition coefficient (Wildman–Crippen LogP) is 3.18. The molecule has 18 heavy (non-hydrogen) atoms. The zero-order valence-electron chi connectivity index (χ0n) is 10.6. The number of hydrogen-bond acceptors (Lipinski definition) is 2. The summed E-state index contributed by atoms with van der Waals surface area (Å²) in [6.45, 7) is 2.28. The molecule has 98 valence electrons. The normalized spacial score (nSPS) is 23.7. The van der Waals surface area contributed by atoms with Crippen LogP contribution < -0.4 is 11.1 Å². The molecule has 2 rings (SSSR count). The van der Waals surface area contributed by atoms with E-state index in [4.69, 9.17) is 5.73 Å². The van der Waals surface area contributed by atoms with Crippen LogP contribution in [-0.4, -0.2) is 11.9 Å². The van der Waals surface area contributed by atoms with E-state index in [2.05, 4.69) is 34.8 Å². The number of carbonyl (C=O) groups excluding carboxylic acids is 1. The highest BCUT2D eigenvalue weighted by Crippen LogP contribution is 2.24. The number of hydrogen-bond donors (Lipinski definition) is 2. The van der Waals surface area contributed by atoms with Gasteiger partial charge in [0.1, 0.15) is 0 Å². The highest BCUT2D eigenvalue weighted by atomic mass is 127. The van der Waals surface area contributed by atoms with Crippen molar-refractivity contribution in [2.24, 2.45) is 5.92 Å². The van der Waals surface area contributed by atoms with E-state index in [1.807, 2.05) is 6.07 Å². The number of nitrogens with two attached hydrogens (primary N) is 1. The van der Waals surface area contributed by atoms with Crippen molar-refractivity contribution < 1.29 is 4.79 Å². The van der Waals surface area contributed by atoms with Crippen molar-refractivity contribution in [1.82, 2.24) is 5.32 Å². The molecule has 1 fully saturated rings. The Kier molecular flexibility index (Phi) is 4.48. The number of anilines is 1. The van der Waals surface area contributed by atoms with Crippen LogP contribution >= 0.6 is 22.6 Å². The van der Waals surface area contributed by atoms with Gasteiger partial charge in [0.15, 0.2) is 0 Å². The average Bonchev–Trinajstić information content (AvgIpc) is 2.35. The summed E-state index contributed by atoms with van der Waals surface area (Å²) in [6, 6.07) is 5.76. The maximum Gasteiger partial charge on any atom is 0.251 e. The van der Waals surface area contributed by atoms with Crippen LogP contribution in [0.1, 0.15) is 43.0 Å². The highest BCUT2D eigenvalue weighted by molar-refractivity contribution is 14.1. The van der Waals surface area contributed by atoms with Crippen LogP contribution in [0.25, 0.3) is 0 Å². The average molecular weight is 358 g/mol. The van der Waals surface area contributed by atoms with Gasteiger partial charge in [0.2, 0.25) is 0 Å². The van der Waals surface area contributed by atoms with Crippen molar-refractivity contribution in [3.05, 3.63) is 27.3 Å². The van der Waals surface area contributed by atoms with Crippen LogP contribution in [0.15, 0.2) is 18.2 Å². The van der Waals surface area contributed by atoms with Crippen molar-refractivity contribution in [2.75, 3.05) is 5.73 Å². The third-order valence-electron chi connectivity index (χ3n) is 3.61. The zero-order valence-corrected chi connectivity index (χ0v) is 12.7. The first-order chi connectivity index (χ1) is 8.56. The van der Waals surface area contributed by atoms with Gasteiger partial charge in [-0.25, -0.2) is 0 Å². The summed E-state index contributed by atoms with van der Waals surface area (Å²) in [5.74, 6) is 0.822. The van der Waals surface area contributed by atoms with E-state index in [0.29, 0.717) is 11.6 Å². The van der Waals surface area contributed by atoms with Gasteiger partial charge < -0.3 is 11.1 Å². The first-order valence-corrected chi connectivity index (χ1v) is 7.50. The maximum atomic E-state index is 12.1. The quantitative estimate of drug-likeness (QED) is 0.630. The molecule has 0 unspecified atom stereocenters. The summed E-state index contributed by atoms with van der Waals surface area (Å²) in [4.78, 5) is 12.1. The van der Waals surface area contributed by atoms with E-state index < -0.39 is 0 Å². The van der Waals surface area contributed by atoms with Gasteiger partial charge in [0, 0.05) is 20.9 Å². The fourth-order valence-corrected chi connectivity index (χ4v) is 2.86. The molecule has 1 aliphatic carbocycles. The molecule has 1 aliphatic rings. The molecule has 3 N–H and O–H groups in total. The summed E-state index contributed by atoms with van der Waals surface area (Å²) in [7, 11) is 0. The molecule has 1 aromatic carbocycles. The van der Waals surface area contributed by atoms with Crippen molar-refractivity contribution in [1.29, 1.82) is 0 Å². The fourth-order valence-electron chi connectivity index (χ4n) is 2.34. The van der Waals surface area contributed by atoms with Crippen LogP contribution in [0.5, 0.6) is 0 Å². The second-order valence-electron chi connectivity index (χ2n) is 5.17. The Bertz CT molecular complexity index is 439. The lowest BCUT2D eigenvalue weighted by Crippen LogP contribution is -2.37. The largest absolute Gasteiger partial charge is 0.398 e. The van der Waals surface area contributed by atoms with Gasteiger partial charge in [0.25, 0.3) is 5.91 Å². The molecule has 1 aromatic rings. The number of halogens is 1. The van der Waals surface area contributed by atoms with Crippen molar-refractivity contribution in [2.45, 2.75) is 38.6 Å². The zero-order chi connectivity index (χ0) is 13.1. The first-order valence-electron chi connectivity index (χ1n) is 6.42. The van der Waals surface area contributed by atoms with E-state index in [9.17, 15) is 4.79 Å². The minimum absolute atomic E-state index is 0.0208. The minimum Gasteiger partial charge on any atom is -0.398 e. The van der Waals surface area contributed by atoms with Crippen molar-refractivity contribution in [3.63, 3.8) is 0 Å². The van der Waals surface area contributed by atoms with Gasteiger partial charge in [-0.05, 0) is 72.4 Å². The van der Waals surface area contributed by atoms with Gasteiger partial charge in [0.05, 0.1) is 0 Å². The Morgan fingerprint density at radius 3 is 2.61 bits per heavy atom. The Hall–Kier alpha value is -0.780. The lowest BCUT2D eigenvalue weighted by Gasteiger charge is -2.26. The smallest absolute Gasteiger partial charge is 0.251 e. The highest BCUT2D eigenvalue weighted by Gasteiger charge is 2.20. The van der Waals surface area contributed by atoms with Crippen molar-refractivity contribution in [3.8, 4) is 0 Å². The topological polar surface area (TPSA) is 55.1 Å². The van der Waals surface area contributed by atoms with E-state index in [1.165, 1.54) is 12.8 Å². The van der Waals surface area contributed by atoms with Gasteiger partial charge in [-0.15, -0.1) is 0 Å². The molecule has 0 aromatic heterocycles. The monoisotopic (exact) mass is 358 g/mol. The molecule has 1 amide bonds. The molecule has 4 heteroatoms. The summed E-state index contributed by atoms with van der Waals surface area (Å²) in [5, 5.41) is 3.12. The summed E-state index contributed by atoms with van der Waals surface area (Å²) >= 11 is 2.15. The molecular weight excluding hydrogens is 339 g/mol. The second kappa shape index (κ2) is 5.91. The minimum atomic E-state index is 0.0208. The number of benzene rings is 1. The Morgan fingerprint density at radius 1 is 1.33 bits per heavy atom. The molecule has 0 saturated heterocycles. The molecule has 0 bridgehead atoms. The standard InChI is InChI=1S/C14H19IN2O/c1-9-2-5-11(6-3-9)17-14(18)10-4-7-13(16)12(15)8-10/h4,7-9,11H,2-3,5-6,16H2,1H3,(H,17,18). The summed E-state index contributed by atoms with van der Waals surface area (Å²) in [6.07, 6.45) is 4.62. The molecule has 0 spiro atoms. The van der Waals surface area contributed by atoms with E-state index in [-0.39, 0.29) is 5.91 Å². The van der Waals surface area contributed by atoms with Crippen LogP contribution in [0.2, 0.25) is 0 Å². The Morgan fingerprint density at radius 2 is 2.00 bits per heavy atom. The Balaban J connectivity index is 1.97. The van der Waals surface area contributed by atoms with Crippen LogP contribution in [0, 0.1) is 9.49 Å². The van der Waals surface area contributed by atoms with E-state index in [0.717, 1.165) is 28.0 Å². The van der Waals surface area contributed by atoms with Crippen LogP contribution in [-0.2, 0) is 0 Å². The third-order valence-corrected chi connectivity index (χ3v) is 4.55. The van der Waals surface area contributed by atoms with E-state index >= 15 is 0 Å². The van der Waals surface area contributed by atoms with Gasteiger partial charge in [-0.3, -0.25) is 4.79 Å². The molecule has 1 saturated carbocycles. The molecule has 0 aliphatic heterocycles. The van der Waals surface area contributed by atoms with E-state index in [1.54, 1.807) is 12.1 Å². The molecule has 3 nitrogen and oxygen atoms in total. The van der Waals surface area contributed by atoms with Gasteiger partial charge in [-0.2, -0.15) is 0 Å². The maximum absolute atomic E-state index is 12.1. The van der Waals surface area contributed by atoms with Gasteiger partial charge in [-0.1, -0.05) is 6.92 Å². The molecule has 0 atom stereocenters. The number of carbonyl (C=O) groups is 1. The Labute approximate surface area is 122 Å². The number of amides is 1. The number of nitrogen functional groups attached to an aromatic ring is 1. The van der Waals surface area contributed by atoms with Crippen LogP contribution in [0.3, 0.4) is 0 Å². The number of rotatable bonds is 2. The molecule has 0 radical (unpaired) electrons. The fraction of sp³-hybridized carbons (Fsp3) is 0.500.